The van der Waals surface area contributed by atoms with Crippen LogP contribution in [0.5, 0.6) is 0 Å². The summed E-state index contributed by atoms with van der Waals surface area (Å²) in [5, 5.41) is 13.6. The highest BCUT2D eigenvalue weighted by Gasteiger charge is 2.35. The van der Waals surface area contributed by atoms with Crippen LogP contribution >= 0.6 is 0 Å². The summed E-state index contributed by atoms with van der Waals surface area (Å²) < 4.78 is 5.62. The van der Waals surface area contributed by atoms with E-state index >= 15 is 0 Å². The highest BCUT2D eigenvalue weighted by molar-refractivity contribution is 5.80. The molecule has 5 nitrogen and oxygen atoms in total. The molecule has 0 aromatic heterocycles. The van der Waals surface area contributed by atoms with Crippen LogP contribution in [0.25, 0.3) is 0 Å². The van der Waals surface area contributed by atoms with Gasteiger partial charge in [-0.2, -0.15) is 0 Å². The zero-order valence-electron chi connectivity index (χ0n) is 15.9. The number of ether oxygens (including phenoxy) is 1. The lowest BCUT2D eigenvalue weighted by Gasteiger charge is -2.22. The van der Waals surface area contributed by atoms with E-state index < -0.39 is 6.10 Å². The highest BCUT2D eigenvalue weighted by Crippen LogP contribution is 2.35. The molecule has 2 fully saturated rings. The Kier molecular flexibility index (Phi) is 7.32. The molecule has 1 aromatic rings. The predicted molar refractivity (Wildman–Crippen MR) is 105 cm³/mol. The van der Waals surface area contributed by atoms with Crippen LogP contribution in [0.2, 0.25) is 0 Å². The smallest absolute Gasteiger partial charge is 0.194 e. The second-order valence-electron chi connectivity index (χ2n) is 7.56. The van der Waals surface area contributed by atoms with Gasteiger partial charge in [0.1, 0.15) is 0 Å². The van der Waals surface area contributed by atoms with E-state index in [1.54, 1.807) is 0 Å². The van der Waals surface area contributed by atoms with Gasteiger partial charge in [0.2, 0.25) is 0 Å². The van der Waals surface area contributed by atoms with Crippen molar-refractivity contribution in [3.05, 3.63) is 35.9 Å². The Labute approximate surface area is 157 Å². The summed E-state index contributed by atoms with van der Waals surface area (Å²) in [6.45, 7) is 6.38. The number of nitrogens with zero attached hydrogens (tertiary/aromatic N) is 2. The summed E-state index contributed by atoms with van der Waals surface area (Å²) in [4.78, 5) is 7.07. The number of guanidine groups is 1. The molecule has 5 heteroatoms. The number of aliphatic imine (C=N–C) groups is 1. The Morgan fingerprint density at radius 2 is 1.92 bits per heavy atom. The number of nitrogens with one attached hydrogen (secondary N) is 1. The van der Waals surface area contributed by atoms with Crippen molar-refractivity contribution < 1.29 is 9.84 Å². The molecule has 2 aliphatic rings. The zero-order chi connectivity index (χ0) is 18.2. The first-order chi connectivity index (χ1) is 12.8. The lowest BCUT2D eigenvalue weighted by molar-refractivity contribution is 0.0330. The summed E-state index contributed by atoms with van der Waals surface area (Å²) in [5.74, 6) is 2.60. The molecule has 1 heterocycles. The van der Waals surface area contributed by atoms with Gasteiger partial charge in [0.05, 0.1) is 25.9 Å². The van der Waals surface area contributed by atoms with Gasteiger partial charge in [-0.15, -0.1) is 0 Å². The van der Waals surface area contributed by atoms with Crippen LogP contribution in [0.1, 0.15) is 38.2 Å². The van der Waals surface area contributed by atoms with Crippen molar-refractivity contribution in [2.24, 2.45) is 16.8 Å². The van der Waals surface area contributed by atoms with Gasteiger partial charge in [0.25, 0.3) is 0 Å². The van der Waals surface area contributed by atoms with E-state index in [9.17, 15) is 5.11 Å². The predicted octanol–water partition coefficient (Wildman–Crippen LogP) is 2.65. The summed E-state index contributed by atoms with van der Waals surface area (Å²) >= 11 is 0. The van der Waals surface area contributed by atoms with Crippen LogP contribution in [-0.2, 0) is 11.3 Å². The Hall–Kier alpha value is -1.59. The van der Waals surface area contributed by atoms with Gasteiger partial charge >= 0.3 is 0 Å². The van der Waals surface area contributed by atoms with Crippen molar-refractivity contribution in [1.29, 1.82) is 0 Å². The number of fused-ring (bicyclic) bond motifs is 1. The zero-order valence-corrected chi connectivity index (χ0v) is 15.9. The lowest BCUT2D eigenvalue weighted by Crippen LogP contribution is -2.41. The van der Waals surface area contributed by atoms with Gasteiger partial charge in [-0.05, 0) is 37.2 Å². The number of benzene rings is 1. The Morgan fingerprint density at radius 3 is 2.58 bits per heavy atom. The third-order valence-corrected chi connectivity index (χ3v) is 5.48. The van der Waals surface area contributed by atoms with Gasteiger partial charge < -0.3 is 20.1 Å². The first-order valence-corrected chi connectivity index (χ1v) is 10.1. The third kappa shape index (κ3) is 5.45. The molecule has 144 valence electrons. The van der Waals surface area contributed by atoms with E-state index in [4.69, 9.17) is 4.74 Å². The molecule has 1 saturated carbocycles. The minimum Gasteiger partial charge on any atom is -0.389 e. The largest absolute Gasteiger partial charge is 0.389 e. The Morgan fingerprint density at radius 1 is 1.23 bits per heavy atom. The van der Waals surface area contributed by atoms with Crippen molar-refractivity contribution in [3.63, 3.8) is 0 Å². The molecule has 26 heavy (non-hydrogen) atoms. The molecular weight excluding hydrogens is 326 g/mol. The summed E-state index contributed by atoms with van der Waals surface area (Å²) in [7, 11) is 0. The molecule has 3 atom stereocenters. The van der Waals surface area contributed by atoms with Gasteiger partial charge in [-0.1, -0.05) is 43.2 Å². The van der Waals surface area contributed by atoms with Crippen LogP contribution in [-0.4, -0.2) is 54.9 Å². The maximum atomic E-state index is 10.2. The summed E-state index contributed by atoms with van der Waals surface area (Å²) in [6, 6.07) is 10.0. The minimum absolute atomic E-state index is 0.309. The van der Waals surface area contributed by atoms with Gasteiger partial charge in [-0.25, -0.2) is 0 Å². The first-order valence-electron chi connectivity index (χ1n) is 10.1. The van der Waals surface area contributed by atoms with E-state index in [1.165, 1.54) is 25.7 Å². The van der Waals surface area contributed by atoms with E-state index in [0.29, 0.717) is 19.8 Å². The molecule has 1 aromatic carbocycles. The van der Waals surface area contributed by atoms with Gasteiger partial charge in [0, 0.05) is 19.6 Å². The second kappa shape index (κ2) is 9.93. The quantitative estimate of drug-likeness (QED) is 0.580. The number of hydrogen-bond donors (Lipinski definition) is 2. The minimum atomic E-state index is -0.572. The standard InChI is InChI=1S/C21H33N3O2/c1-2-22-21(24-13-18-10-6-7-11-19(18)14-24)23-12-20(25)16-26-15-17-8-4-3-5-9-17/h3-5,8-9,18-20,25H,2,6-7,10-16H2,1H3,(H,22,23). The van der Waals surface area contributed by atoms with Crippen LogP contribution in [0.4, 0.5) is 0 Å². The molecule has 0 spiro atoms. The maximum absolute atomic E-state index is 10.2. The fraction of sp³-hybridized carbons (Fsp3) is 0.667. The van der Waals surface area contributed by atoms with Crippen molar-refractivity contribution in [2.45, 2.75) is 45.3 Å². The fourth-order valence-corrected chi connectivity index (χ4v) is 4.14. The third-order valence-electron chi connectivity index (χ3n) is 5.48. The molecule has 0 amide bonds. The topological polar surface area (TPSA) is 57.1 Å². The monoisotopic (exact) mass is 359 g/mol. The number of likely N-dealkylation sites (tertiary alicyclic amines) is 1. The van der Waals surface area contributed by atoms with E-state index in [0.717, 1.165) is 43.0 Å². The fourth-order valence-electron chi connectivity index (χ4n) is 4.14. The van der Waals surface area contributed by atoms with E-state index in [2.05, 4.69) is 22.1 Å². The molecule has 3 rings (SSSR count). The normalized spacial score (nSPS) is 24.4. The van der Waals surface area contributed by atoms with E-state index in [1.807, 2.05) is 30.3 Å². The molecule has 3 unspecified atom stereocenters. The van der Waals surface area contributed by atoms with Crippen LogP contribution in [0.3, 0.4) is 0 Å². The average Bonchev–Trinajstić information content (AvgIpc) is 3.10. The Bertz CT molecular complexity index is 550. The summed E-state index contributed by atoms with van der Waals surface area (Å²) in [5.41, 5.74) is 1.12. The highest BCUT2D eigenvalue weighted by atomic mass is 16.5. The van der Waals surface area contributed by atoms with Crippen molar-refractivity contribution in [2.75, 3.05) is 32.8 Å². The number of aliphatic hydroxyl groups excluding tert-OH is 1. The molecule has 0 bridgehead atoms. The molecule has 1 saturated heterocycles. The first kappa shape index (κ1) is 19.2. The number of hydrogen-bond acceptors (Lipinski definition) is 3. The molecular formula is C21H33N3O2. The molecule has 1 aliphatic carbocycles. The maximum Gasteiger partial charge on any atom is 0.194 e. The van der Waals surface area contributed by atoms with Crippen LogP contribution in [0, 0.1) is 11.8 Å². The van der Waals surface area contributed by atoms with Crippen molar-refractivity contribution in [1.82, 2.24) is 10.2 Å². The number of aliphatic hydroxyl groups is 1. The summed E-state index contributed by atoms with van der Waals surface area (Å²) in [6.07, 6.45) is 4.89. The SMILES string of the molecule is CCNC(=NCC(O)COCc1ccccc1)N1CC2CCCCC2C1. The Balaban J connectivity index is 1.46. The van der Waals surface area contributed by atoms with Crippen LogP contribution in [0.15, 0.2) is 35.3 Å². The lowest BCUT2D eigenvalue weighted by atomic mass is 9.82. The van der Waals surface area contributed by atoms with Crippen LogP contribution < -0.4 is 5.32 Å². The van der Waals surface area contributed by atoms with Gasteiger partial charge in [-0.3, -0.25) is 4.99 Å². The average molecular weight is 360 g/mol. The van der Waals surface area contributed by atoms with Gasteiger partial charge in [0.15, 0.2) is 5.96 Å². The number of rotatable bonds is 7. The van der Waals surface area contributed by atoms with Crippen molar-refractivity contribution >= 4 is 5.96 Å². The molecule has 2 N–H and O–H groups in total. The second-order valence-corrected chi connectivity index (χ2v) is 7.56. The van der Waals surface area contributed by atoms with Crippen molar-refractivity contribution in [3.8, 4) is 0 Å². The van der Waals surface area contributed by atoms with E-state index in [-0.39, 0.29) is 0 Å². The molecule has 0 radical (unpaired) electrons. The molecule has 1 aliphatic heterocycles.